The van der Waals surface area contributed by atoms with Crippen molar-refractivity contribution in [2.24, 2.45) is 0 Å². The summed E-state index contributed by atoms with van der Waals surface area (Å²) in [5.74, 6) is 0.689. The van der Waals surface area contributed by atoms with Gasteiger partial charge in [-0.25, -0.2) is 0 Å². The molecule has 0 aliphatic rings. The molecule has 0 saturated heterocycles. The number of hydrogen-bond donors (Lipinski definition) is 2. The second kappa shape index (κ2) is 8.06. The Morgan fingerprint density at radius 1 is 1.18 bits per heavy atom. The zero-order chi connectivity index (χ0) is 12.5. The first kappa shape index (κ1) is 14.0. The summed E-state index contributed by atoms with van der Waals surface area (Å²) in [6, 6.07) is 7.44. The number of hydrogen-bond acceptors (Lipinski definition) is 4. The molecule has 1 rings (SSSR count). The van der Waals surface area contributed by atoms with E-state index in [1.807, 2.05) is 31.2 Å². The molecule has 0 aromatic heterocycles. The highest BCUT2D eigenvalue weighted by Crippen LogP contribution is 2.26. The van der Waals surface area contributed by atoms with Gasteiger partial charge < -0.3 is 19.7 Å². The van der Waals surface area contributed by atoms with E-state index < -0.39 is 6.10 Å². The number of para-hydroxylation sites is 1. The summed E-state index contributed by atoms with van der Waals surface area (Å²) >= 11 is 0. The quantitative estimate of drug-likeness (QED) is 0.676. The fourth-order valence-corrected chi connectivity index (χ4v) is 1.48. The predicted octanol–water partition coefficient (Wildman–Crippen LogP) is 1.52. The fourth-order valence-electron chi connectivity index (χ4n) is 1.48. The molecule has 1 atom stereocenters. The second-order valence-electron chi connectivity index (χ2n) is 3.65. The van der Waals surface area contributed by atoms with Gasteiger partial charge in [-0.3, -0.25) is 0 Å². The van der Waals surface area contributed by atoms with Crippen molar-refractivity contribution >= 4 is 0 Å². The van der Waals surface area contributed by atoms with E-state index in [4.69, 9.17) is 14.6 Å². The van der Waals surface area contributed by atoms with Crippen LogP contribution in [0.3, 0.4) is 0 Å². The molecule has 4 nitrogen and oxygen atoms in total. The predicted molar refractivity (Wildman–Crippen MR) is 65.1 cm³/mol. The molecule has 0 saturated carbocycles. The second-order valence-corrected chi connectivity index (χ2v) is 3.65. The molecule has 0 heterocycles. The molecule has 0 spiro atoms. The van der Waals surface area contributed by atoms with Crippen LogP contribution in [0.15, 0.2) is 24.3 Å². The topological polar surface area (TPSA) is 58.9 Å². The van der Waals surface area contributed by atoms with Gasteiger partial charge in [0, 0.05) is 5.56 Å². The van der Waals surface area contributed by atoms with Crippen LogP contribution in [-0.2, 0) is 4.74 Å². The number of ether oxygens (including phenoxy) is 2. The van der Waals surface area contributed by atoms with Gasteiger partial charge in [-0.2, -0.15) is 0 Å². The average molecular weight is 240 g/mol. The average Bonchev–Trinajstić information content (AvgIpc) is 2.38. The van der Waals surface area contributed by atoms with Crippen molar-refractivity contribution in [3.05, 3.63) is 29.8 Å². The summed E-state index contributed by atoms with van der Waals surface area (Å²) in [5.41, 5.74) is 0.803. The minimum Gasteiger partial charge on any atom is -0.491 e. The van der Waals surface area contributed by atoms with Gasteiger partial charge in [0.25, 0.3) is 0 Å². The molecule has 0 aliphatic carbocycles. The van der Waals surface area contributed by atoms with Crippen LogP contribution in [0.1, 0.15) is 25.0 Å². The number of aliphatic hydroxyl groups is 2. The van der Waals surface area contributed by atoms with Crippen molar-refractivity contribution in [1.82, 2.24) is 0 Å². The van der Waals surface area contributed by atoms with Gasteiger partial charge in [0.1, 0.15) is 12.4 Å². The molecular formula is C13H20O4. The fraction of sp³-hybridized carbons (Fsp3) is 0.538. The van der Waals surface area contributed by atoms with Crippen LogP contribution in [-0.4, -0.2) is 36.6 Å². The SMILES string of the molecule is CC[C@@H](O)c1ccccc1OCCOCCO. The Morgan fingerprint density at radius 3 is 2.65 bits per heavy atom. The molecule has 0 bridgehead atoms. The minimum atomic E-state index is -0.496. The third-order valence-corrected chi connectivity index (χ3v) is 2.39. The molecule has 1 aromatic carbocycles. The molecular weight excluding hydrogens is 220 g/mol. The van der Waals surface area contributed by atoms with Crippen molar-refractivity contribution in [1.29, 1.82) is 0 Å². The van der Waals surface area contributed by atoms with Gasteiger partial charge in [0.05, 0.1) is 25.9 Å². The molecule has 2 N–H and O–H groups in total. The van der Waals surface area contributed by atoms with E-state index in [1.165, 1.54) is 0 Å². The van der Waals surface area contributed by atoms with E-state index in [2.05, 4.69) is 0 Å². The first-order chi connectivity index (χ1) is 8.29. The summed E-state index contributed by atoms with van der Waals surface area (Å²) in [6.45, 7) is 3.10. The number of aliphatic hydroxyl groups excluding tert-OH is 2. The van der Waals surface area contributed by atoms with Gasteiger partial charge in [0.2, 0.25) is 0 Å². The molecule has 0 amide bonds. The van der Waals surface area contributed by atoms with Gasteiger partial charge in [-0.1, -0.05) is 25.1 Å². The molecule has 1 aromatic rings. The molecule has 0 radical (unpaired) electrons. The van der Waals surface area contributed by atoms with Crippen molar-refractivity contribution in [2.45, 2.75) is 19.4 Å². The maximum absolute atomic E-state index is 9.81. The van der Waals surface area contributed by atoms with E-state index >= 15 is 0 Å². The van der Waals surface area contributed by atoms with Crippen LogP contribution < -0.4 is 4.74 Å². The highest BCUT2D eigenvalue weighted by atomic mass is 16.5. The van der Waals surface area contributed by atoms with Gasteiger partial charge in [0.15, 0.2) is 0 Å². The summed E-state index contributed by atoms with van der Waals surface area (Å²) < 4.78 is 10.6. The van der Waals surface area contributed by atoms with E-state index in [1.54, 1.807) is 0 Å². The summed E-state index contributed by atoms with van der Waals surface area (Å²) in [6.07, 6.45) is 0.158. The summed E-state index contributed by atoms with van der Waals surface area (Å²) in [7, 11) is 0. The van der Waals surface area contributed by atoms with Crippen LogP contribution in [0.2, 0.25) is 0 Å². The molecule has 4 heteroatoms. The maximum Gasteiger partial charge on any atom is 0.125 e. The molecule has 0 unspecified atom stereocenters. The molecule has 96 valence electrons. The zero-order valence-electron chi connectivity index (χ0n) is 10.1. The normalized spacial score (nSPS) is 12.4. The monoisotopic (exact) mass is 240 g/mol. The lowest BCUT2D eigenvalue weighted by Gasteiger charge is -2.14. The van der Waals surface area contributed by atoms with Crippen LogP contribution in [0.4, 0.5) is 0 Å². The highest BCUT2D eigenvalue weighted by molar-refractivity contribution is 5.34. The Bertz CT molecular complexity index is 314. The van der Waals surface area contributed by atoms with Crippen molar-refractivity contribution < 1.29 is 19.7 Å². The van der Waals surface area contributed by atoms with Crippen LogP contribution in [0.5, 0.6) is 5.75 Å². The van der Waals surface area contributed by atoms with E-state index in [-0.39, 0.29) is 6.61 Å². The Balaban J connectivity index is 2.46. The van der Waals surface area contributed by atoms with Crippen molar-refractivity contribution in [3.8, 4) is 5.75 Å². The van der Waals surface area contributed by atoms with Crippen LogP contribution >= 0.6 is 0 Å². The maximum atomic E-state index is 9.81. The lowest BCUT2D eigenvalue weighted by molar-refractivity contribution is 0.0693. The van der Waals surface area contributed by atoms with E-state index in [0.29, 0.717) is 32.0 Å². The first-order valence-electron chi connectivity index (χ1n) is 5.88. The van der Waals surface area contributed by atoms with Gasteiger partial charge in [-0.05, 0) is 12.5 Å². The van der Waals surface area contributed by atoms with Gasteiger partial charge in [-0.15, -0.1) is 0 Å². The third kappa shape index (κ3) is 4.73. The standard InChI is InChI=1S/C13H20O4/c1-2-12(15)11-5-3-4-6-13(11)17-10-9-16-8-7-14/h3-6,12,14-15H,2,7-10H2,1H3/t12-/m1/s1. The lowest BCUT2D eigenvalue weighted by Crippen LogP contribution is -2.10. The Hall–Kier alpha value is -1.10. The summed E-state index contributed by atoms with van der Waals surface area (Å²) in [5, 5.41) is 18.3. The minimum absolute atomic E-state index is 0.0190. The van der Waals surface area contributed by atoms with Crippen LogP contribution in [0, 0.1) is 0 Å². The molecule has 0 fully saturated rings. The molecule has 0 aliphatic heterocycles. The van der Waals surface area contributed by atoms with Crippen molar-refractivity contribution in [2.75, 3.05) is 26.4 Å². The summed E-state index contributed by atoms with van der Waals surface area (Å²) in [4.78, 5) is 0. The third-order valence-electron chi connectivity index (χ3n) is 2.39. The van der Waals surface area contributed by atoms with Crippen LogP contribution in [0.25, 0.3) is 0 Å². The molecule has 17 heavy (non-hydrogen) atoms. The zero-order valence-corrected chi connectivity index (χ0v) is 10.1. The number of benzene rings is 1. The lowest BCUT2D eigenvalue weighted by atomic mass is 10.1. The van der Waals surface area contributed by atoms with E-state index in [9.17, 15) is 5.11 Å². The smallest absolute Gasteiger partial charge is 0.125 e. The first-order valence-corrected chi connectivity index (χ1v) is 5.88. The Kier molecular flexibility index (Phi) is 6.62. The van der Waals surface area contributed by atoms with Gasteiger partial charge >= 0.3 is 0 Å². The largest absolute Gasteiger partial charge is 0.491 e. The van der Waals surface area contributed by atoms with E-state index in [0.717, 1.165) is 5.56 Å². The number of rotatable bonds is 8. The Morgan fingerprint density at radius 2 is 1.94 bits per heavy atom. The Labute approximate surface area is 102 Å². The van der Waals surface area contributed by atoms with Crippen molar-refractivity contribution in [3.63, 3.8) is 0 Å². The highest BCUT2D eigenvalue weighted by Gasteiger charge is 2.10.